The fourth-order valence-electron chi connectivity index (χ4n) is 2.40. The van der Waals surface area contributed by atoms with Crippen LogP contribution >= 0.6 is 23.1 Å². The van der Waals surface area contributed by atoms with Gasteiger partial charge in [-0.1, -0.05) is 52.9 Å². The molecule has 0 fully saturated rings. The van der Waals surface area contributed by atoms with Crippen molar-refractivity contribution in [2.24, 2.45) is 0 Å². The summed E-state index contributed by atoms with van der Waals surface area (Å²) in [6.45, 7) is 2.65. The third-order valence-corrected chi connectivity index (χ3v) is 5.90. The molecule has 0 saturated carbocycles. The minimum absolute atomic E-state index is 0.0123. The lowest BCUT2D eigenvalue weighted by Gasteiger charge is -2.05. The van der Waals surface area contributed by atoms with Gasteiger partial charge in [0.15, 0.2) is 4.34 Å². The summed E-state index contributed by atoms with van der Waals surface area (Å²) in [5.41, 5.74) is 3.33. The van der Waals surface area contributed by atoms with Crippen LogP contribution in [0.2, 0.25) is 0 Å². The molecule has 0 aliphatic carbocycles. The average Bonchev–Trinajstić information content (AvgIpc) is 3.16. The zero-order chi connectivity index (χ0) is 19.8. The second-order valence-electron chi connectivity index (χ2n) is 6.10. The highest BCUT2D eigenvalue weighted by molar-refractivity contribution is 8.01. The predicted octanol–water partition coefficient (Wildman–Crippen LogP) is 4.05. The van der Waals surface area contributed by atoms with Gasteiger partial charge in [-0.2, -0.15) is 0 Å². The van der Waals surface area contributed by atoms with E-state index in [4.69, 9.17) is 4.74 Å². The number of nitrogens with one attached hydrogen (secondary N) is 2. The van der Waals surface area contributed by atoms with Crippen LogP contribution in [0, 0.1) is 6.92 Å². The number of nitrogens with zero attached hydrogens (tertiary/aromatic N) is 2. The molecule has 0 radical (unpaired) electrons. The number of carbonyl (C=O) groups is 1. The van der Waals surface area contributed by atoms with Gasteiger partial charge < -0.3 is 15.4 Å². The highest BCUT2D eigenvalue weighted by Gasteiger charge is 2.08. The van der Waals surface area contributed by atoms with Crippen LogP contribution in [0.5, 0.6) is 5.75 Å². The lowest BCUT2D eigenvalue weighted by molar-refractivity contribution is -0.118. The SMILES string of the molecule is COc1ccc(CCNC(=O)CSc2nnc(Nc3ccc(C)cc3)s2)cc1. The van der Waals surface area contributed by atoms with Crippen molar-refractivity contribution in [2.45, 2.75) is 17.7 Å². The van der Waals surface area contributed by atoms with E-state index in [0.717, 1.165) is 27.8 Å². The van der Waals surface area contributed by atoms with E-state index in [0.29, 0.717) is 17.4 Å². The van der Waals surface area contributed by atoms with Crippen molar-refractivity contribution in [3.05, 3.63) is 59.7 Å². The first-order valence-electron chi connectivity index (χ1n) is 8.82. The van der Waals surface area contributed by atoms with Gasteiger partial charge in [0, 0.05) is 12.2 Å². The average molecular weight is 415 g/mol. The van der Waals surface area contributed by atoms with Gasteiger partial charge in [-0.3, -0.25) is 4.79 Å². The molecule has 6 nitrogen and oxygen atoms in total. The van der Waals surface area contributed by atoms with Gasteiger partial charge in [0.05, 0.1) is 12.9 Å². The third-order valence-electron chi connectivity index (χ3n) is 3.93. The number of benzene rings is 2. The predicted molar refractivity (Wildman–Crippen MR) is 115 cm³/mol. The lowest BCUT2D eigenvalue weighted by Crippen LogP contribution is -2.27. The van der Waals surface area contributed by atoms with Crippen molar-refractivity contribution in [3.8, 4) is 5.75 Å². The number of hydrogen-bond acceptors (Lipinski definition) is 7. The molecule has 2 N–H and O–H groups in total. The first-order valence-corrected chi connectivity index (χ1v) is 10.6. The molecule has 0 aliphatic rings. The Morgan fingerprint density at radius 2 is 1.86 bits per heavy atom. The highest BCUT2D eigenvalue weighted by atomic mass is 32.2. The Morgan fingerprint density at radius 1 is 1.11 bits per heavy atom. The number of methoxy groups -OCH3 is 1. The fraction of sp³-hybridized carbons (Fsp3) is 0.250. The number of anilines is 2. The van der Waals surface area contributed by atoms with E-state index >= 15 is 0 Å². The fourth-order valence-corrected chi connectivity index (χ4v) is 4.00. The maximum atomic E-state index is 12.0. The molecule has 3 aromatic rings. The number of rotatable bonds is 9. The molecule has 0 atom stereocenters. The van der Waals surface area contributed by atoms with E-state index in [2.05, 4.69) is 20.8 Å². The van der Waals surface area contributed by atoms with E-state index in [1.54, 1.807) is 7.11 Å². The van der Waals surface area contributed by atoms with Crippen LogP contribution in [0.4, 0.5) is 10.8 Å². The second kappa shape index (κ2) is 10.1. The molecule has 8 heteroatoms. The van der Waals surface area contributed by atoms with Gasteiger partial charge in [0.25, 0.3) is 0 Å². The summed E-state index contributed by atoms with van der Waals surface area (Å²) in [4.78, 5) is 12.0. The summed E-state index contributed by atoms with van der Waals surface area (Å²) in [5, 5.41) is 15.1. The molecule has 0 bridgehead atoms. The topological polar surface area (TPSA) is 76.1 Å². The van der Waals surface area contributed by atoms with E-state index in [9.17, 15) is 4.79 Å². The van der Waals surface area contributed by atoms with E-state index in [-0.39, 0.29) is 5.91 Å². The Balaban J connectivity index is 1.38. The zero-order valence-corrected chi connectivity index (χ0v) is 17.4. The summed E-state index contributed by atoms with van der Waals surface area (Å²) in [7, 11) is 1.65. The molecular weight excluding hydrogens is 392 g/mol. The van der Waals surface area contributed by atoms with E-state index in [1.165, 1.54) is 28.7 Å². The van der Waals surface area contributed by atoms with Gasteiger partial charge in [-0.05, 0) is 43.2 Å². The van der Waals surface area contributed by atoms with Crippen molar-refractivity contribution < 1.29 is 9.53 Å². The van der Waals surface area contributed by atoms with Gasteiger partial charge in [0.1, 0.15) is 5.75 Å². The van der Waals surface area contributed by atoms with Crippen molar-refractivity contribution in [1.29, 1.82) is 0 Å². The maximum Gasteiger partial charge on any atom is 0.230 e. The van der Waals surface area contributed by atoms with Crippen LogP contribution in [-0.2, 0) is 11.2 Å². The maximum absolute atomic E-state index is 12.0. The third kappa shape index (κ3) is 6.24. The quantitative estimate of drug-likeness (QED) is 0.515. The second-order valence-corrected chi connectivity index (χ2v) is 8.30. The van der Waals surface area contributed by atoms with Crippen molar-refractivity contribution in [2.75, 3.05) is 24.7 Å². The van der Waals surface area contributed by atoms with Gasteiger partial charge in [-0.25, -0.2) is 0 Å². The summed E-state index contributed by atoms with van der Waals surface area (Å²) in [5.74, 6) is 1.14. The van der Waals surface area contributed by atoms with Crippen molar-refractivity contribution in [1.82, 2.24) is 15.5 Å². The van der Waals surface area contributed by atoms with Gasteiger partial charge in [-0.15, -0.1) is 10.2 Å². The highest BCUT2D eigenvalue weighted by Crippen LogP contribution is 2.27. The standard InChI is InChI=1S/C20H22N4O2S2/c1-14-3-7-16(8-4-14)22-19-23-24-20(28-19)27-13-18(25)21-12-11-15-5-9-17(26-2)10-6-15/h3-10H,11-13H2,1-2H3,(H,21,25)(H,22,23). The molecule has 3 rings (SSSR count). The monoisotopic (exact) mass is 414 g/mol. The van der Waals surface area contributed by atoms with Crippen LogP contribution in [0.1, 0.15) is 11.1 Å². The number of aromatic nitrogens is 2. The van der Waals surface area contributed by atoms with Crippen LogP contribution < -0.4 is 15.4 Å². The van der Waals surface area contributed by atoms with Crippen LogP contribution in [-0.4, -0.2) is 35.5 Å². The smallest absolute Gasteiger partial charge is 0.230 e. The Bertz CT molecular complexity index is 895. The summed E-state index contributed by atoms with van der Waals surface area (Å²) < 4.78 is 5.90. The van der Waals surface area contributed by atoms with Crippen molar-refractivity contribution in [3.63, 3.8) is 0 Å². The molecular formula is C20H22N4O2S2. The molecule has 0 aliphatic heterocycles. The zero-order valence-electron chi connectivity index (χ0n) is 15.8. The summed E-state index contributed by atoms with van der Waals surface area (Å²) in [6.07, 6.45) is 0.782. The molecule has 146 valence electrons. The number of aryl methyl sites for hydroxylation is 1. The molecule has 1 amide bonds. The summed E-state index contributed by atoms with van der Waals surface area (Å²) >= 11 is 2.83. The van der Waals surface area contributed by atoms with Gasteiger partial charge in [0.2, 0.25) is 11.0 Å². The minimum Gasteiger partial charge on any atom is -0.497 e. The number of amides is 1. The number of hydrogen-bond donors (Lipinski definition) is 2. The molecule has 2 aromatic carbocycles. The summed E-state index contributed by atoms with van der Waals surface area (Å²) in [6, 6.07) is 15.9. The molecule has 1 aromatic heterocycles. The van der Waals surface area contributed by atoms with E-state index < -0.39 is 0 Å². The molecule has 0 unspecified atom stereocenters. The normalized spacial score (nSPS) is 10.5. The Hall–Kier alpha value is -2.58. The van der Waals surface area contributed by atoms with Crippen molar-refractivity contribution >= 4 is 39.8 Å². The number of carbonyl (C=O) groups excluding carboxylic acids is 1. The lowest BCUT2D eigenvalue weighted by atomic mass is 10.1. The molecule has 0 spiro atoms. The van der Waals surface area contributed by atoms with Crippen LogP contribution in [0.25, 0.3) is 0 Å². The Labute approximate surface area is 172 Å². The van der Waals surface area contributed by atoms with E-state index in [1.807, 2.05) is 55.5 Å². The first kappa shape index (κ1) is 20.2. The minimum atomic E-state index is -0.0123. The molecule has 1 heterocycles. The Kier molecular flexibility index (Phi) is 7.27. The number of ether oxygens (including phenoxy) is 1. The first-order chi connectivity index (χ1) is 13.6. The molecule has 28 heavy (non-hydrogen) atoms. The van der Waals surface area contributed by atoms with Gasteiger partial charge >= 0.3 is 0 Å². The number of thioether (sulfide) groups is 1. The Morgan fingerprint density at radius 3 is 2.57 bits per heavy atom. The molecule has 0 saturated heterocycles. The largest absolute Gasteiger partial charge is 0.497 e. The van der Waals surface area contributed by atoms with Crippen LogP contribution in [0.15, 0.2) is 52.9 Å². The van der Waals surface area contributed by atoms with Crippen LogP contribution in [0.3, 0.4) is 0 Å².